The molecule has 1 saturated heterocycles. The van der Waals surface area contributed by atoms with Crippen molar-refractivity contribution in [3.63, 3.8) is 0 Å². The van der Waals surface area contributed by atoms with Crippen LogP contribution in [0.3, 0.4) is 0 Å². The molecule has 1 amide bonds. The average Bonchev–Trinajstić information content (AvgIpc) is 2.53. The average molecular weight is 341 g/mol. The van der Waals surface area contributed by atoms with Crippen LogP contribution in [0.25, 0.3) is 0 Å². The lowest BCUT2D eigenvalue weighted by molar-refractivity contribution is -0.123. The lowest BCUT2D eigenvalue weighted by Gasteiger charge is -2.38. The highest BCUT2D eigenvalue weighted by molar-refractivity contribution is 6.30. The number of piperidine rings is 1. The first-order valence-electron chi connectivity index (χ1n) is 7.88. The van der Waals surface area contributed by atoms with Crippen LogP contribution in [0.5, 0.6) is 5.75 Å². The second kappa shape index (κ2) is 7.99. The lowest BCUT2D eigenvalue weighted by Crippen LogP contribution is -2.47. The number of aliphatic hydroxyl groups excluding tert-OH is 1. The molecular weight excluding hydrogens is 316 g/mol. The minimum atomic E-state index is -0.102. The van der Waals surface area contributed by atoms with Gasteiger partial charge >= 0.3 is 0 Å². The fourth-order valence-electron chi connectivity index (χ4n) is 3.03. The molecule has 0 aromatic heterocycles. The van der Waals surface area contributed by atoms with E-state index in [1.54, 1.807) is 25.3 Å². The second-order valence-corrected chi connectivity index (χ2v) is 6.95. The minimum Gasteiger partial charge on any atom is -0.496 e. The summed E-state index contributed by atoms with van der Waals surface area (Å²) in [5.41, 5.74) is 0.751. The zero-order chi connectivity index (χ0) is 16.9. The molecule has 2 rings (SSSR count). The molecule has 5 nitrogen and oxygen atoms in total. The van der Waals surface area contributed by atoms with Gasteiger partial charge in [0.05, 0.1) is 13.7 Å². The number of hydrogen-bond donors (Lipinski definition) is 2. The van der Waals surface area contributed by atoms with Gasteiger partial charge in [0.15, 0.2) is 0 Å². The number of aliphatic hydroxyl groups is 1. The highest BCUT2D eigenvalue weighted by Crippen LogP contribution is 2.28. The van der Waals surface area contributed by atoms with E-state index in [1.807, 2.05) is 0 Å². The Labute approximate surface area is 142 Å². The van der Waals surface area contributed by atoms with E-state index in [1.165, 1.54) is 0 Å². The molecule has 1 heterocycles. The van der Waals surface area contributed by atoms with Crippen molar-refractivity contribution in [3.8, 4) is 5.75 Å². The Bertz CT molecular complexity index is 553. The largest absolute Gasteiger partial charge is 0.496 e. The first kappa shape index (κ1) is 18.0. The maximum atomic E-state index is 12.2. The number of nitrogens with zero attached hydrogens (tertiary/aromatic N) is 1. The van der Waals surface area contributed by atoms with Crippen molar-refractivity contribution >= 4 is 17.5 Å². The van der Waals surface area contributed by atoms with Crippen molar-refractivity contribution in [1.29, 1.82) is 0 Å². The molecule has 0 radical (unpaired) electrons. The Morgan fingerprint density at radius 1 is 1.52 bits per heavy atom. The molecule has 2 N–H and O–H groups in total. The summed E-state index contributed by atoms with van der Waals surface area (Å²) in [6, 6.07) is 5.35. The molecule has 128 valence electrons. The molecule has 0 bridgehead atoms. The normalized spacial score (nSPS) is 21.9. The first-order valence-corrected chi connectivity index (χ1v) is 8.26. The Morgan fingerprint density at radius 2 is 2.30 bits per heavy atom. The molecule has 1 aliphatic heterocycles. The SMILES string of the molecule is COc1ccc(Cl)cc1CNC(=O)CN1CCCC(C)(CO)C1. The number of halogens is 1. The lowest BCUT2D eigenvalue weighted by atomic mass is 9.83. The molecule has 6 heteroatoms. The molecule has 23 heavy (non-hydrogen) atoms. The number of carbonyl (C=O) groups excluding carboxylic acids is 1. The van der Waals surface area contributed by atoms with Crippen LogP contribution in [0.15, 0.2) is 18.2 Å². The quantitative estimate of drug-likeness (QED) is 0.832. The summed E-state index contributed by atoms with van der Waals surface area (Å²) < 4.78 is 5.28. The van der Waals surface area contributed by atoms with Crippen molar-refractivity contribution in [1.82, 2.24) is 10.2 Å². The molecule has 0 saturated carbocycles. The fourth-order valence-corrected chi connectivity index (χ4v) is 3.22. The summed E-state index contributed by atoms with van der Waals surface area (Å²) >= 11 is 5.99. The van der Waals surface area contributed by atoms with E-state index in [4.69, 9.17) is 16.3 Å². The Morgan fingerprint density at radius 3 is 3.00 bits per heavy atom. The molecule has 1 unspecified atom stereocenters. The molecule has 0 spiro atoms. The highest BCUT2D eigenvalue weighted by atomic mass is 35.5. The van der Waals surface area contributed by atoms with Gasteiger partial charge in [0.1, 0.15) is 5.75 Å². The van der Waals surface area contributed by atoms with Crippen molar-refractivity contribution < 1.29 is 14.6 Å². The predicted octanol–water partition coefficient (Wildman–Crippen LogP) is 2.06. The maximum Gasteiger partial charge on any atom is 0.234 e. The summed E-state index contributed by atoms with van der Waals surface area (Å²) in [6.07, 6.45) is 2.01. The number of amides is 1. The van der Waals surface area contributed by atoms with Gasteiger partial charge in [-0.3, -0.25) is 9.69 Å². The van der Waals surface area contributed by atoms with Crippen LogP contribution in [0.2, 0.25) is 5.02 Å². The molecule has 1 atom stereocenters. The molecule has 1 aromatic rings. The summed E-state index contributed by atoms with van der Waals surface area (Å²) in [5.74, 6) is 0.676. The van der Waals surface area contributed by atoms with Crippen LogP contribution in [0.1, 0.15) is 25.3 Å². The number of hydrogen-bond acceptors (Lipinski definition) is 4. The third-order valence-electron chi connectivity index (χ3n) is 4.33. The number of nitrogens with one attached hydrogen (secondary N) is 1. The van der Waals surface area contributed by atoms with E-state index < -0.39 is 0 Å². The van der Waals surface area contributed by atoms with Gasteiger partial charge in [-0.15, -0.1) is 0 Å². The smallest absolute Gasteiger partial charge is 0.234 e. The predicted molar refractivity (Wildman–Crippen MR) is 90.7 cm³/mol. The van der Waals surface area contributed by atoms with Crippen molar-refractivity contribution in [2.75, 3.05) is 33.4 Å². The maximum absolute atomic E-state index is 12.2. The van der Waals surface area contributed by atoms with E-state index >= 15 is 0 Å². The molecular formula is C17H25ClN2O3. The monoisotopic (exact) mass is 340 g/mol. The van der Waals surface area contributed by atoms with E-state index in [-0.39, 0.29) is 17.9 Å². The van der Waals surface area contributed by atoms with E-state index in [0.29, 0.717) is 23.9 Å². The third-order valence-corrected chi connectivity index (χ3v) is 4.56. The second-order valence-electron chi connectivity index (χ2n) is 6.52. The fraction of sp³-hybridized carbons (Fsp3) is 0.588. The van der Waals surface area contributed by atoms with Crippen molar-refractivity contribution in [2.45, 2.75) is 26.3 Å². The number of rotatable bonds is 6. The van der Waals surface area contributed by atoms with E-state index in [0.717, 1.165) is 31.5 Å². The number of likely N-dealkylation sites (tertiary alicyclic amines) is 1. The molecule has 1 aliphatic rings. The van der Waals surface area contributed by atoms with Gasteiger partial charge in [-0.1, -0.05) is 18.5 Å². The van der Waals surface area contributed by atoms with Crippen LogP contribution >= 0.6 is 11.6 Å². The number of methoxy groups -OCH3 is 1. The van der Waals surface area contributed by atoms with E-state index in [2.05, 4.69) is 17.1 Å². The third kappa shape index (κ3) is 5.09. The molecule has 1 fully saturated rings. The zero-order valence-corrected chi connectivity index (χ0v) is 14.5. The summed E-state index contributed by atoms with van der Waals surface area (Å²) in [7, 11) is 1.60. The molecule has 0 aliphatic carbocycles. The van der Waals surface area contributed by atoms with Gasteiger partial charge in [0.2, 0.25) is 5.91 Å². The number of ether oxygens (including phenoxy) is 1. The summed E-state index contributed by atoms with van der Waals surface area (Å²) in [4.78, 5) is 14.3. The van der Waals surface area contributed by atoms with Gasteiger partial charge in [-0.25, -0.2) is 0 Å². The van der Waals surface area contributed by atoms with Gasteiger partial charge in [-0.05, 0) is 37.6 Å². The standard InChI is InChI=1S/C17H25ClN2O3/c1-17(12-21)6-3-7-20(11-17)10-16(22)19-9-13-8-14(18)4-5-15(13)23-2/h4-5,8,21H,3,6-7,9-12H2,1-2H3,(H,19,22). The van der Waals surface area contributed by atoms with Crippen LogP contribution < -0.4 is 10.1 Å². The van der Waals surface area contributed by atoms with Crippen molar-refractivity contribution in [2.24, 2.45) is 5.41 Å². The molecule has 1 aromatic carbocycles. The van der Waals surface area contributed by atoms with Crippen LogP contribution in [0, 0.1) is 5.41 Å². The van der Waals surface area contributed by atoms with Gasteiger partial charge in [-0.2, -0.15) is 0 Å². The zero-order valence-electron chi connectivity index (χ0n) is 13.8. The van der Waals surface area contributed by atoms with E-state index in [9.17, 15) is 9.90 Å². The Balaban J connectivity index is 1.87. The van der Waals surface area contributed by atoms with Gasteiger partial charge < -0.3 is 15.2 Å². The topological polar surface area (TPSA) is 61.8 Å². The van der Waals surface area contributed by atoms with Crippen LogP contribution in [-0.2, 0) is 11.3 Å². The Hall–Kier alpha value is -1.30. The van der Waals surface area contributed by atoms with Crippen molar-refractivity contribution in [3.05, 3.63) is 28.8 Å². The first-order chi connectivity index (χ1) is 11.0. The Kier molecular flexibility index (Phi) is 6.27. The van der Waals surface area contributed by atoms with Gasteiger partial charge in [0, 0.05) is 35.7 Å². The minimum absolute atomic E-state index is 0.0331. The number of carbonyl (C=O) groups is 1. The van der Waals surface area contributed by atoms with Crippen LogP contribution in [0.4, 0.5) is 0 Å². The van der Waals surface area contributed by atoms with Crippen LogP contribution in [-0.4, -0.2) is 49.3 Å². The summed E-state index contributed by atoms with van der Waals surface area (Å²) in [6.45, 7) is 4.59. The highest BCUT2D eigenvalue weighted by Gasteiger charge is 2.30. The summed E-state index contributed by atoms with van der Waals surface area (Å²) in [5, 5.41) is 13.0. The van der Waals surface area contributed by atoms with Gasteiger partial charge in [0.25, 0.3) is 0 Å². The number of benzene rings is 1.